The molecule has 119 valence electrons. The van der Waals surface area contributed by atoms with E-state index in [0.29, 0.717) is 10.6 Å². The zero-order chi connectivity index (χ0) is 15.3. The van der Waals surface area contributed by atoms with Crippen molar-refractivity contribution in [3.63, 3.8) is 0 Å². The van der Waals surface area contributed by atoms with Gasteiger partial charge in [0.05, 0.1) is 11.1 Å². The molecule has 0 aliphatic heterocycles. The quantitative estimate of drug-likeness (QED) is 0.792. The van der Waals surface area contributed by atoms with Crippen molar-refractivity contribution in [2.24, 2.45) is 0 Å². The Morgan fingerprint density at radius 1 is 1.43 bits per heavy atom. The van der Waals surface area contributed by atoms with E-state index in [4.69, 9.17) is 16.9 Å². The summed E-state index contributed by atoms with van der Waals surface area (Å²) >= 11 is 5.80. The van der Waals surface area contributed by atoms with Crippen LogP contribution < -0.4 is 10.4 Å². The third kappa shape index (κ3) is 5.82. The minimum absolute atomic E-state index is 0. The van der Waals surface area contributed by atoms with Crippen molar-refractivity contribution in [1.82, 2.24) is 15.5 Å². The summed E-state index contributed by atoms with van der Waals surface area (Å²) in [6, 6.07) is 7.42. The molecule has 2 aromatic rings. The Hall–Kier alpha value is -1.06. The van der Waals surface area contributed by atoms with Crippen molar-refractivity contribution in [2.75, 3.05) is 7.05 Å². The summed E-state index contributed by atoms with van der Waals surface area (Å²) in [6.07, 6.45) is 6.06. The van der Waals surface area contributed by atoms with Crippen molar-refractivity contribution in [3.05, 3.63) is 41.2 Å². The van der Waals surface area contributed by atoms with Crippen molar-refractivity contribution in [3.8, 4) is 17.2 Å². The predicted octanol–water partition coefficient (Wildman–Crippen LogP) is 3.07. The van der Waals surface area contributed by atoms with Gasteiger partial charge in [0, 0.05) is 44.5 Å². The molecule has 1 aliphatic rings. The Morgan fingerprint density at radius 3 is 2.52 bits per heavy atom. The smallest absolute Gasteiger partial charge is 0.151 e. The largest absolute Gasteiger partial charge is 0.581 e. The molecule has 0 unspecified atom stereocenters. The first-order valence-electron chi connectivity index (χ1n) is 6.43. The van der Waals surface area contributed by atoms with Crippen LogP contribution in [0.2, 0.25) is 5.02 Å². The van der Waals surface area contributed by atoms with Crippen LogP contribution in [-0.4, -0.2) is 24.0 Å². The van der Waals surface area contributed by atoms with Gasteiger partial charge in [-0.25, -0.2) is 0 Å². The Labute approximate surface area is 166 Å². The molecule has 0 atom stereocenters. The maximum atomic E-state index is 10.6. The number of aldehydes is 1. The van der Waals surface area contributed by atoms with Crippen LogP contribution in [0.3, 0.4) is 0 Å². The van der Waals surface area contributed by atoms with E-state index < -0.39 is 0 Å². The SMILES string of the molecule is C.CNC1(C#N)CC1.O=Cc1cc(-c2cn[n-]c2)ccc1Cl.[Y]. The average molecular weight is 407 g/mol. The van der Waals surface area contributed by atoms with Gasteiger partial charge in [-0.2, -0.15) is 11.5 Å². The predicted molar refractivity (Wildman–Crippen MR) is 86.8 cm³/mol. The summed E-state index contributed by atoms with van der Waals surface area (Å²) in [7, 11) is 1.83. The molecule has 5 nitrogen and oxygen atoms in total. The molecule has 0 saturated heterocycles. The van der Waals surface area contributed by atoms with E-state index in [2.05, 4.69) is 21.6 Å². The summed E-state index contributed by atoms with van der Waals surface area (Å²) in [5.74, 6) is 0. The molecule has 3 rings (SSSR count). The average Bonchev–Trinajstić information content (AvgIpc) is 3.12. The molecule has 0 amide bonds. The van der Waals surface area contributed by atoms with E-state index >= 15 is 0 Å². The van der Waals surface area contributed by atoms with Crippen LogP contribution in [0.25, 0.3) is 11.1 Å². The molecule has 1 aliphatic carbocycles. The summed E-state index contributed by atoms with van der Waals surface area (Å²) in [5.41, 5.74) is 2.14. The molecule has 1 aromatic heterocycles. The van der Waals surface area contributed by atoms with Crippen molar-refractivity contribution < 1.29 is 37.5 Å². The molecular formula is C16H18ClN4OY-. The molecule has 23 heavy (non-hydrogen) atoms. The fourth-order valence-corrected chi connectivity index (χ4v) is 1.89. The Kier molecular flexibility index (Phi) is 9.49. The van der Waals surface area contributed by atoms with Gasteiger partial charge < -0.3 is 15.5 Å². The molecule has 1 radical (unpaired) electrons. The summed E-state index contributed by atoms with van der Waals surface area (Å²) in [4.78, 5) is 10.6. The first kappa shape index (κ1) is 21.9. The zero-order valence-electron chi connectivity index (χ0n) is 12.1. The van der Waals surface area contributed by atoms with Crippen LogP contribution >= 0.6 is 11.6 Å². The van der Waals surface area contributed by atoms with Gasteiger partial charge in [0.25, 0.3) is 0 Å². The normalized spacial score (nSPS) is 13.3. The van der Waals surface area contributed by atoms with Crippen LogP contribution in [-0.2, 0) is 32.7 Å². The molecule has 1 aromatic carbocycles. The van der Waals surface area contributed by atoms with E-state index in [1.165, 1.54) is 0 Å². The topological polar surface area (TPSA) is 79.9 Å². The molecule has 1 saturated carbocycles. The van der Waals surface area contributed by atoms with Gasteiger partial charge in [-0.05, 0) is 43.1 Å². The van der Waals surface area contributed by atoms with E-state index in [0.717, 1.165) is 30.3 Å². The van der Waals surface area contributed by atoms with Crippen molar-refractivity contribution in [1.29, 1.82) is 5.26 Å². The number of benzene rings is 1. The summed E-state index contributed by atoms with van der Waals surface area (Å²) in [5, 5.41) is 19.2. The zero-order valence-corrected chi connectivity index (χ0v) is 15.7. The van der Waals surface area contributed by atoms with Crippen LogP contribution in [0.4, 0.5) is 0 Å². The fourth-order valence-electron chi connectivity index (χ4n) is 1.73. The number of nitriles is 1. The molecule has 1 N–H and O–H groups in total. The first-order chi connectivity index (χ1) is 10.1. The number of carbonyl (C=O) groups excluding carboxylic acids is 1. The van der Waals surface area contributed by atoms with Crippen LogP contribution in [0, 0.1) is 11.3 Å². The molecule has 1 fully saturated rings. The standard InChI is InChI=1S/C10H6ClN2O.C5H8N2.CH4.Y/c11-10-2-1-7(3-8(10)6-14)9-4-12-13-5-9;1-7-5(4-6)2-3-5;;/h1-6H;7H,2-3H2,1H3;1H4;/q-1;;;. The molecule has 0 bridgehead atoms. The van der Waals surface area contributed by atoms with Gasteiger partial charge in [-0.15, -0.1) is 0 Å². The summed E-state index contributed by atoms with van der Waals surface area (Å²) in [6.45, 7) is 0. The maximum absolute atomic E-state index is 10.6. The molecule has 7 heteroatoms. The van der Waals surface area contributed by atoms with Gasteiger partial charge >= 0.3 is 0 Å². The number of nitrogens with zero attached hydrogens (tertiary/aromatic N) is 3. The van der Waals surface area contributed by atoms with E-state index in [9.17, 15) is 4.79 Å². The number of halogens is 1. The minimum Gasteiger partial charge on any atom is -0.581 e. The first-order valence-corrected chi connectivity index (χ1v) is 6.80. The van der Waals surface area contributed by atoms with Crippen LogP contribution in [0.5, 0.6) is 0 Å². The van der Waals surface area contributed by atoms with E-state index in [1.807, 2.05) is 13.1 Å². The van der Waals surface area contributed by atoms with Crippen LogP contribution in [0.1, 0.15) is 30.6 Å². The Bertz CT molecular complexity index is 663. The second-order valence-electron chi connectivity index (χ2n) is 4.74. The molecule has 1 heterocycles. The van der Waals surface area contributed by atoms with Crippen molar-refractivity contribution in [2.45, 2.75) is 25.8 Å². The van der Waals surface area contributed by atoms with Gasteiger partial charge in [-0.1, -0.05) is 25.1 Å². The number of aromatic nitrogens is 2. The number of rotatable bonds is 3. The Balaban J connectivity index is 0.000000463. The Morgan fingerprint density at radius 2 is 2.13 bits per heavy atom. The van der Waals surface area contributed by atoms with Gasteiger partial charge in [0.15, 0.2) is 6.29 Å². The fraction of sp³-hybridized carbons (Fsp3) is 0.312. The molecule has 0 spiro atoms. The number of carbonyl (C=O) groups is 1. The number of hydrogen-bond acceptors (Lipinski definition) is 4. The van der Waals surface area contributed by atoms with E-state index in [1.54, 1.807) is 24.5 Å². The summed E-state index contributed by atoms with van der Waals surface area (Å²) < 4.78 is 0. The third-order valence-electron chi connectivity index (χ3n) is 3.36. The third-order valence-corrected chi connectivity index (χ3v) is 3.70. The minimum atomic E-state index is -0.111. The maximum Gasteiger partial charge on any atom is 0.151 e. The van der Waals surface area contributed by atoms with Crippen LogP contribution in [0.15, 0.2) is 30.6 Å². The number of hydrogen-bond donors (Lipinski definition) is 1. The van der Waals surface area contributed by atoms with Gasteiger partial charge in [0.2, 0.25) is 0 Å². The second kappa shape index (κ2) is 9.94. The second-order valence-corrected chi connectivity index (χ2v) is 5.15. The van der Waals surface area contributed by atoms with Gasteiger partial charge in [-0.3, -0.25) is 4.79 Å². The monoisotopic (exact) mass is 406 g/mol. The molecular weight excluding hydrogens is 389 g/mol. The van der Waals surface area contributed by atoms with Gasteiger partial charge in [0.1, 0.15) is 5.54 Å². The van der Waals surface area contributed by atoms with Crippen molar-refractivity contribution >= 4 is 17.9 Å². The number of nitrogens with one attached hydrogen (secondary N) is 1. The van der Waals surface area contributed by atoms with E-state index in [-0.39, 0.29) is 45.7 Å².